The van der Waals surface area contributed by atoms with Gasteiger partial charge in [-0.1, -0.05) is 163 Å². The maximum absolute atomic E-state index is 13.0. The lowest BCUT2D eigenvalue weighted by molar-refractivity contribution is -0.332. The molecular weight excluding hydrogens is 921 g/mol. The van der Waals surface area contributed by atoms with Gasteiger partial charge in [0, 0.05) is 13.0 Å². The third kappa shape index (κ3) is 31.1. The van der Waals surface area contributed by atoms with E-state index >= 15 is 0 Å². The molecule has 2 rings (SSSR count). The van der Waals surface area contributed by atoms with Gasteiger partial charge in [0.05, 0.1) is 26.4 Å². The normalized spacial score (nSPS) is 25.8. The second-order valence-electron chi connectivity index (χ2n) is 19.0. The van der Waals surface area contributed by atoms with E-state index in [0.29, 0.717) is 13.0 Å². The summed E-state index contributed by atoms with van der Waals surface area (Å²) < 4.78 is 34.3. The summed E-state index contributed by atoms with van der Waals surface area (Å²) in [5.41, 5.74) is 0. The molecule has 0 aliphatic carbocycles. The molecule has 0 bridgehead atoms. The second-order valence-corrected chi connectivity index (χ2v) is 19.0. The van der Waals surface area contributed by atoms with Crippen LogP contribution in [-0.2, 0) is 33.2 Å². The first-order chi connectivity index (χ1) is 35.1. The highest BCUT2D eigenvalue weighted by atomic mass is 16.7. The van der Waals surface area contributed by atoms with Gasteiger partial charge in [0.1, 0.15) is 54.9 Å². The standard InChI is InChI=1S/C58H98O14/c1-3-5-7-9-11-13-15-17-19-21-22-23-24-25-27-29-31-33-35-37-39-41-50(60)70-47(44-67-42-40-38-36-34-32-30-28-26-20-18-16-14-12-10-8-6-4-2)45-68-57-56(66)54(64)52(62)49(72-57)46-69-58-55(65)53(63)51(61)48(43-59)71-58/h5,7,11,13,17,19-20,22-23,25-27,31,33,47-49,51-59,61-66H,3-4,6,8-10,12,14-16,18,21,24,28-30,32,34-46H2,1-2H3/b7-5-,13-11-,19-17-,23-22-,26-20-,27-25-,33-31-. The molecule has 0 aromatic rings. The summed E-state index contributed by atoms with van der Waals surface area (Å²) in [6, 6.07) is 0. The molecule has 11 atom stereocenters. The van der Waals surface area contributed by atoms with Crippen LogP contribution in [-0.4, -0.2) is 142 Å². The average molecular weight is 1020 g/mol. The number of allylic oxidation sites excluding steroid dienone is 14. The van der Waals surface area contributed by atoms with Crippen molar-refractivity contribution in [3.63, 3.8) is 0 Å². The number of aliphatic hydroxyl groups excluding tert-OH is 7. The van der Waals surface area contributed by atoms with Crippen molar-refractivity contribution in [3.8, 4) is 0 Å². The molecule has 0 spiro atoms. The van der Waals surface area contributed by atoms with Gasteiger partial charge in [-0.2, -0.15) is 0 Å². The van der Waals surface area contributed by atoms with Crippen LogP contribution in [0.25, 0.3) is 0 Å². The van der Waals surface area contributed by atoms with Gasteiger partial charge in [-0.15, -0.1) is 0 Å². The molecule has 414 valence electrons. The zero-order valence-corrected chi connectivity index (χ0v) is 44.1. The van der Waals surface area contributed by atoms with Gasteiger partial charge in [-0.05, 0) is 89.9 Å². The molecule has 7 N–H and O–H groups in total. The van der Waals surface area contributed by atoms with E-state index in [1.807, 2.05) is 0 Å². The molecule has 0 aromatic carbocycles. The molecule has 72 heavy (non-hydrogen) atoms. The molecule has 0 saturated carbocycles. The Hall–Kier alpha value is -2.83. The Kier molecular flexibility index (Phi) is 40.3. The fourth-order valence-corrected chi connectivity index (χ4v) is 8.16. The van der Waals surface area contributed by atoms with Crippen LogP contribution in [0.2, 0.25) is 0 Å². The van der Waals surface area contributed by atoms with Crippen molar-refractivity contribution < 1.29 is 69.0 Å². The number of rotatable bonds is 43. The summed E-state index contributed by atoms with van der Waals surface area (Å²) in [5, 5.41) is 72.3. The van der Waals surface area contributed by atoms with Crippen molar-refractivity contribution >= 4 is 5.97 Å². The van der Waals surface area contributed by atoms with Gasteiger partial charge in [-0.3, -0.25) is 4.79 Å². The Bertz CT molecular complexity index is 1510. The number of carbonyl (C=O) groups excluding carboxylic acids is 1. The highest BCUT2D eigenvalue weighted by molar-refractivity contribution is 5.69. The van der Waals surface area contributed by atoms with Crippen molar-refractivity contribution in [1.82, 2.24) is 0 Å². The number of unbranched alkanes of at least 4 members (excludes halogenated alkanes) is 15. The van der Waals surface area contributed by atoms with Crippen LogP contribution in [0.4, 0.5) is 0 Å². The Balaban J connectivity index is 1.77. The van der Waals surface area contributed by atoms with E-state index in [2.05, 4.69) is 98.9 Å². The predicted molar refractivity (Wildman–Crippen MR) is 284 cm³/mol. The number of hydrogen-bond acceptors (Lipinski definition) is 14. The van der Waals surface area contributed by atoms with E-state index in [0.717, 1.165) is 77.0 Å². The lowest BCUT2D eigenvalue weighted by Gasteiger charge is -2.42. The third-order valence-electron chi connectivity index (χ3n) is 12.6. The minimum atomic E-state index is -1.72. The lowest BCUT2D eigenvalue weighted by atomic mass is 9.98. The van der Waals surface area contributed by atoms with Crippen molar-refractivity contribution in [2.45, 2.75) is 242 Å². The minimum Gasteiger partial charge on any atom is -0.457 e. The Labute approximate surface area is 433 Å². The molecule has 2 fully saturated rings. The molecule has 11 unspecified atom stereocenters. The van der Waals surface area contributed by atoms with Crippen molar-refractivity contribution in [3.05, 3.63) is 85.1 Å². The summed E-state index contributed by atoms with van der Waals surface area (Å²) in [6.45, 7) is 3.49. The van der Waals surface area contributed by atoms with Crippen LogP contribution < -0.4 is 0 Å². The Morgan fingerprint density at radius 1 is 0.472 bits per heavy atom. The van der Waals surface area contributed by atoms with Gasteiger partial charge < -0.3 is 64.2 Å². The van der Waals surface area contributed by atoms with Gasteiger partial charge in [0.2, 0.25) is 0 Å². The van der Waals surface area contributed by atoms with Crippen LogP contribution in [0.15, 0.2) is 85.1 Å². The van der Waals surface area contributed by atoms with Crippen LogP contribution in [0.1, 0.15) is 174 Å². The largest absolute Gasteiger partial charge is 0.457 e. The van der Waals surface area contributed by atoms with Gasteiger partial charge in [-0.25, -0.2) is 0 Å². The second kappa shape index (κ2) is 44.5. The summed E-state index contributed by atoms with van der Waals surface area (Å²) in [4.78, 5) is 13.0. The zero-order valence-electron chi connectivity index (χ0n) is 44.1. The summed E-state index contributed by atoms with van der Waals surface area (Å²) in [5.74, 6) is -0.422. The monoisotopic (exact) mass is 1020 g/mol. The van der Waals surface area contributed by atoms with E-state index in [4.69, 9.17) is 28.4 Å². The minimum absolute atomic E-state index is 0.0348. The van der Waals surface area contributed by atoms with Crippen molar-refractivity contribution in [1.29, 1.82) is 0 Å². The Morgan fingerprint density at radius 2 is 0.903 bits per heavy atom. The summed E-state index contributed by atoms with van der Waals surface area (Å²) in [6.07, 6.45) is 40.7. The first kappa shape index (κ1) is 65.3. The number of esters is 1. The van der Waals surface area contributed by atoms with Gasteiger partial charge >= 0.3 is 5.97 Å². The SMILES string of the molecule is CC/C=C\C/C=C\C/C=C\C/C=C\C/C=C\C/C=C\CCCCC(=O)OC(COCCCCCCCC/C=C\CCCCCCCCC)COC1OC(COC2OC(CO)C(O)C(O)C2O)C(O)C(O)C1O. The molecule has 0 aromatic heterocycles. The maximum atomic E-state index is 13.0. The van der Waals surface area contributed by atoms with Crippen molar-refractivity contribution in [2.24, 2.45) is 0 Å². The molecule has 0 radical (unpaired) electrons. The number of hydrogen-bond donors (Lipinski definition) is 7. The molecule has 2 heterocycles. The smallest absolute Gasteiger partial charge is 0.306 e. The topological polar surface area (TPSA) is 214 Å². The number of carbonyl (C=O) groups is 1. The number of ether oxygens (including phenoxy) is 6. The lowest BCUT2D eigenvalue weighted by Crippen LogP contribution is -2.61. The van der Waals surface area contributed by atoms with Crippen LogP contribution in [0.3, 0.4) is 0 Å². The fourth-order valence-electron chi connectivity index (χ4n) is 8.16. The van der Waals surface area contributed by atoms with E-state index in [9.17, 15) is 40.5 Å². The molecule has 2 saturated heterocycles. The molecule has 2 aliphatic rings. The molecule has 14 nitrogen and oxygen atoms in total. The predicted octanol–water partition coefficient (Wildman–Crippen LogP) is 9.24. The van der Waals surface area contributed by atoms with E-state index < -0.39 is 86.7 Å². The fraction of sp³-hybridized carbons (Fsp3) is 0.741. The van der Waals surface area contributed by atoms with Crippen LogP contribution >= 0.6 is 0 Å². The first-order valence-electron chi connectivity index (χ1n) is 27.7. The number of aliphatic hydroxyl groups is 7. The highest BCUT2D eigenvalue weighted by Gasteiger charge is 2.47. The molecule has 14 heteroatoms. The van der Waals surface area contributed by atoms with Crippen molar-refractivity contribution in [2.75, 3.05) is 33.0 Å². The molecule has 0 amide bonds. The molecular formula is C58H98O14. The molecule has 2 aliphatic heterocycles. The summed E-state index contributed by atoms with van der Waals surface area (Å²) in [7, 11) is 0. The summed E-state index contributed by atoms with van der Waals surface area (Å²) >= 11 is 0. The van der Waals surface area contributed by atoms with E-state index in [-0.39, 0.29) is 19.6 Å². The van der Waals surface area contributed by atoms with Gasteiger partial charge in [0.15, 0.2) is 12.6 Å². The maximum Gasteiger partial charge on any atom is 0.306 e. The first-order valence-corrected chi connectivity index (χ1v) is 27.7. The Morgan fingerprint density at radius 3 is 1.43 bits per heavy atom. The quantitative estimate of drug-likeness (QED) is 0.0172. The van der Waals surface area contributed by atoms with Crippen LogP contribution in [0, 0.1) is 0 Å². The average Bonchev–Trinajstić information content (AvgIpc) is 3.38. The van der Waals surface area contributed by atoms with Crippen LogP contribution in [0.5, 0.6) is 0 Å². The highest BCUT2D eigenvalue weighted by Crippen LogP contribution is 2.26. The third-order valence-corrected chi connectivity index (χ3v) is 12.6. The van der Waals surface area contributed by atoms with Gasteiger partial charge in [0.25, 0.3) is 0 Å². The van der Waals surface area contributed by atoms with E-state index in [1.54, 1.807) is 0 Å². The zero-order chi connectivity index (χ0) is 52.3. The van der Waals surface area contributed by atoms with E-state index in [1.165, 1.54) is 70.6 Å².